The number of nitrogens with zero attached hydrogens (tertiary/aromatic N) is 3. The molecule has 3 N–H and O–H groups in total. The average molecular weight is 805 g/mol. The maximum absolute atomic E-state index is 15.2. The van der Waals surface area contributed by atoms with E-state index in [4.69, 9.17) is 9.47 Å². The highest BCUT2D eigenvalue weighted by molar-refractivity contribution is 6.34. The van der Waals surface area contributed by atoms with Gasteiger partial charge in [0.2, 0.25) is 11.8 Å². The number of ether oxygens (including phenoxy) is 2. The maximum Gasteiger partial charge on any atom is 0.414 e. The van der Waals surface area contributed by atoms with Crippen molar-refractivity contribution in [3.8, 4) is 11.1 Å². The molecule has 4 aromatic rings. The lowest BCUT2D eigenvalue weighted by molar-refractivity contribution is -0.153. The molecule has 1 atom stereocenters. The van der Waals surface area contributed by atoms with Crippen molar-refractivity contribution in [3.05, 3.63) is 114 Å². The molecule has 0 aromatic heterocycles. The molecule has 0 unspecified atom stereocenters. The Morgan fingerprint density at radius 3 is 2.19 bits per heavy atom. The second kappa shape index (κ2) is 18.3. The standard InChI is InChI=1S/C44H45FN6O8/c1-28(52)46-24-32-26-51(44(57)59-32)31-17-18-39(38(45)23-31)49-19-21-50(22-20-49)42(55)12-6-11-40(53)29-13-15-30(16-14-29)48-47-25-41(54)43(56)58-27-37-35-9-4-2-7-33(35)34-8-3-5-10-36(34)37/h2-5,7-10,13-18,23,32,37,47-48H,6,11-12,19-22,24-27H2,1H3,(H,46,52)/t32-/m0/s1. The van der Waals surface area contributed by atoms with Crippen LogP contribution in [-0.2, 0) is 28.7 Å². The van der Waals surface area contributed by atoms with Crippen LogP contribution in [0.15, 0.2) is 91.0 Å². The van der Waals surface area contributed by atoms with Crippen LogP contribution in [0.3, 0.4) is 0 Å². The summed E-state index contributed by atoms with van der Waals surface area (Å²) in [7, 11) is 0. The first-order valence-electron chi connectivity index (χ1n) is 19.6. The van der Waals surface area contributed by atoms with Crippen LogP contribution in [0.4, 0.5) is 26.2 Å². The Labute approximate surface area is 340 Å². The molecule has 59 heavy (non-hydrogen) atoms. The topological polar surface area (TPSA) is 167 Å². The Hall–Kier alpha value is -6.61. The highest BCUT2D eigenvalue weighted by atomic mass is 19.1. The number of hydrogen-bond acceptors (Lipinski definition) is 11. The van der Waals surface area contributed by atoms with Gasteiger partial charge in [0.25, 0.3) is 5.78 Å². The molecule has 7 rings (SSSR count). The number of ketones is 2. The number of piperazine rings is 1. The van der Waals surface area contributed by atoms with Crippen LogP contribution in [-0.4, -0.2) is 98.9 Å². The number of rotatable bonds is 16. The molecule has 3 aliphatic rings. The Bertz CT molecular complexity index is 2200. The number of cyclic esters (lactones) is 1. The molecular formula is C44H45FN6O8. The zero-order chi connectivity index (χ0) is 41.5. The minimum atomic E-state index is -0.925. The first-order chi connectivity index (χ1) is 28.5. The molecule has 0 radical (unpaired) electrons. The van der Waals surface area contributed by atoms with E-state index >= 15 is 4.39 Å². The lowest BCUT2D eigenvalue weighted by Crippen LogP contribution is -2.49. The molecule has 4 aromatic carbocycles. The number of anilines is 3. The highest BCUT2D eigenvalue weighted by Gasteiger charge is 2.34. The Balaban J connectivity index is 0.785. The Morgan fingerprint density at radius 1 is 0.847 bits per heavy atom. The van der Waals surface area contributed by atoms with Crippen molar-refractivity contribution in [2.75, 3.05) is 67.6 Å². The summed E-state index contributed by atoms with van der Waals surface area (Å²) < 4.78 is 26.0. The Morgan fingerprint density at radius 2 is 1.53 bits per heavy atom. The van der Waals surface area contributed by atoms with Crippen LogP contribution in [0.5, 0.6) is 0 Å². The number of hydrogen-bond donors (Lipinski definition) is 3. The fraction of sp³-hybridized carbons (Fsp3) is 0.318. The number of hydrazine groups is 1. The van der Waals surface area contributed by atoms with Crippen molar-refractivity contribution in [2.24, 2.45) is 0 Å². The van der Waals surface area contributed by atoms with Crippen LogP contribution in [0.1, 0.15) is 53.6 Å². The summed E-state index contributed by atoms with van der Waals surface area (Å²) >= 11 is 0. The van der Waals surface area contributed by atoms with E-state index in [1.54, 1.807) is 41.3 Å². The minimum absolute atomic E-state index is 0.0550. The summed E-state index contributed by atoms with van der Waals surface area (Å²) in [4.78, 5) is 79.3. The number of amides is 3. The number of carbonyl (C=O) groups is 6. The molecule has 0 saturated carbocycles. The predicted molar refractivity (Wildman–Crippen MR) is 217 cm³/mol. The van der Waals surface area contributed by atoms with Gasteiger partial charge < -0.3 is 30.0 Å². The van der Waals surface area contributed by atoms with Gasteiger partial charge in [-0.15, -0.1) is 0 Å². The molecule has 306 valence electrons. The van der Waals surface area contributed by atoms with E-state index in [-0.39, 0.29) is 62.6 Å². The first kappa shape index (κ1) is 40.6. The quantitative estimate of drug-likeness (QED) is 0.0615. The molecule has 2 heterocycles. The number of halogens is 1. The van der Waals surface area contributed by atoms with Crippen LogP contribution in [0.25, 0.3) is 11.1 Å². The fourth-order valence-corrected chi connectivity index (χ4v) is 7.63. The van der Waals surface area contributed by atoms with Gasteiger partial charge in [-0.05, 0) is 71.1 Å². The SMILES string of the molecule is CC(=O)NC[C@H]1CN(c2ccc(N3CCN(C(=O)CCCC(=O)c4ccc(NNCC(=O)C(=O)OCC5c6ccccc6-c6ccccc65)cc4)CC3)c(F)c2)C(=O)O1. The van der Waals surface area contributed by atoms with Gasteiger partial charge in [-0.2, -0.15) is 0 Å². The summed E-state index contributed by atoms with van der Waals surface area (Å²) in [6.07, 6.45) is -0.387. The van der Waals surface area contributed by atoms with Crippen molar-refractivity contribution in [3.63, 3.8) is 0 Å². The zero-order valence-electron chi connectivity index (χ0n) is 32.6. The molecule has 15 heteroatoms. The fourth-order valence-electron chi connectivity index (χ4n) is 7.63. The van der Waals surface area contributed by atoms with E-state index in [1.807, 2.05) is 53.4 Å². The van der Waals surface area contributed by atoms with Gasteiger partial charge >= 0.3 is 12.1 Å². The third kappa shape index (κ3) is 9.58. The molecule has 0 spiro atoms. The first-order valence-corrected chi connectivity index (χ1v) is 19.6. The van der Waals surface area contributed by atoms with Gasteiger partial charge in [-0.1, -0.05) is 48.5 Å². The number of benzene rings is 4. The second-order valence-electron chi connectivity index (χ2n) is 14.6. The normalized spacial score (nSPS) is 15.9. The van der Waals surface area contributed by atoms with Gasteiger partial charge in [0, 0.05) is 63.1 Å². The minimum Gasteiger partial charge on any atom is -0.459 e. The van der Waals surface area contributed by atoms with Gasteiger partial charge in [0.1, 0.15) is 18.5 Å². The second-order valence-corrected chi connectivity index (χ2v) is 14.6. The maximum atomic E-state index is 15.2. The van der Waals surface area contributed by atoms with Crippen molar-refractivity contribution >= 4 is 52.5 Å². The third-order valence-corrected chi connectivity index (χ3v) is 10.7. The number of carbonyl (C=O) groups excluding carboxylic acids is 6. The highest BCUT2D eigenvalue weighted by Crippen LogP contribution is 2.44. The van der Waals surface area contributed by atoms with Crippen LogP contribution in [0.2, 0.25) is 0 Å². The summed E-state index contributed by atoms with van der Waals surface area (Å²) in [5.41, 5.74) is 11.7. The van der Waals surface area contributed by atoms with E-state index in [1.165, 1.54) is 17.9 Å². The Kier molecular flexibility index (Phi) is 12.6. The van der Waals surface area contributed by atoms with Crippen molar-refractivity contribution < 1.29 is 42.6 Å². The molecule has 0 bridgehead atoms. The van der Waals surface area contributed by atoms with Crippen molar-refractivity contribution in [1.82, 2.24) is 15.6 Å². The van der Waals surface area contributed by atoms with Crippen LogP contribution >= 0.6 is 0 Å². The van der Waals surface area contributed by atoms with Crippen molar-refractivity contribution in [1.29, 1.82) is 0 Å². The average Bonchev–Trinajstić information content (AvgIpc) is 3.78. The van der Waals surface area contributed by atoms with Gasteiger partial charge in [0.05, 0.1) is 31.0 Å². The molecule has 2 fully saturated rings. The summed E-state index contributed by atoms with van der Waals surface area (Å²) in [5.74, 6) is -2.73. The molecule has 3 amide bonds. The molecule has 1 aliphatic carbocycles. The summed E-state index contributed by atoms with van der Waals surface area (Å²) in [5, 5.41) is 2.61. The lowest BCUT2D eigenvalue weighted by Gasteiger charge is -2.36. The number of nitrogens with one attached hydrogen (secondary N) is 3. The van der Waals surface area contributed by atoms with Crippen LogP contribution < -0.4 is 26.0 Å². The molecule has 2 saturated heterocycles. The monoisotopic (exact) mass is 804 g/mol. The number of esters is 1. The summed E-state index contributed by atoms with van der Waals surface area (Å²) in [6, 6.07) is 27.1. The largest absolute Gasteiger partial charge is 0.459 e. The predicted octanol–water partition coefficient (Wildman–Crippen LogP) is 4.83. The zero-order valence-corrected chi connectivity index (χ0v) is 32.6. The lowest BCUT2D eigenvalue weighted by atomic mass is 9.98. The molecule has 14 nitrogen and oxygen atoms in total. The molecular weight excluding hydrogens is 760 g/mol. The molecule has 2 aliphatic heterocycles. The summed E-state index contributed by atoms with van der Waals surface area (Å²) in [6.45, 7) is 3.13. The van der Waals surface area contributed by atoms with E-state index < -0.39 is 29.8 Å². The smallest absolute Gasteiger partial charge is 0.414 e. The van der Waals surface area contributed by atoms with E-state index in [9.17, 15) is 28.8 Å². The van der Waals surface area contributed by atoms with Crippen molar-refractivity contribution in [2.45, 2.75) is 38.2 Å². The number of fused-ring (bicyclic) bond motifs is 3. The van der Waals surface area contributed by atoms with Gasteiger partial charge in [-0.3, -0.25) is 24.1 Å². The van der Waals surface area contributed by atoms with E-state index in [0.717, 1.165) is 22.3 Å². The van der Waals surface area contributed by atoms with E-state index in [0.29, 0.717) is 55.2 Å². The number of Topliss-reactive ketones (excluding diaryl/α,β-unsaturated/α-hetero) is 2. The third-order valence-electron chi connectivity index (χ3n) is 10.7. The van der Waals surface area contributed by atoms with E-state index in [2.05, 4.69) is 16.2 Å². The van der Waals surface area contributed by atoms with Crippen LogP contribution in [0, 0.1) is 5.82 Å². The van der Waals surface area contributed by atoms with Gasteiger partial charge in [0.15, 0.2) is 5.78 Å². The van der Waals surface area contributed by atoms with Gasteiger partial charge in [-0.25, -0.2) is 19.4 Å².